The molecule has 2 rings (SSSR count). The van der Waals surface area contributed by atoms with Crippen LogP contribution in [0.15, 0.2) is 55.3 Å². The van der Waals surface area contributed by atoms with Crippen LogP contribution in [0.25, 0.3) is 11.0 Å². The topological polar surface area (TPSA) is 25.8 Å². The first kappa shape index (κ1) is 15.5. The molecule has 17 heavy (non-hydrogen) atoms. The SMILES string of the molecule is C=CC=CC.Fc1cnc2ccccc2n1.[GeH4]. The van der Waals surface area contributed by atoms with Gasteiger partial charge in [-0.25, -0.2) is 9.97 Å². The summed E-state index contributed by atoms with van der Waals surface area (Å²) < 4.78 is 12.5. The summed E-state index contributed by atoms with van der Waals surface area (Å²) >= 11 is 0. The summed E-state index contributed by atoms with van der Waals surface area (Å²) in [6, 6.07) is 7.17. The predicted molar refractivity (Wildman–Crippen MR) is 75.8 cm³/mol. The number of fused-ring (bicyclic) bond motifs is 1. The van der Waals surface area contributed by atoms with Crippen LogP contribution >= 0.6 is 0 Å². The molecule has 0 amide bonds. The number of hydrogen-bond acceptors (Lipinski definition) is 2. The van der Waals surface area contributed by atoms with E-state index in [1.807, 2.05) is 25.1 Å². The van der Waals surface area contributed by atoms with Gasteiger partial charge in [0.1, 0.15) is 0 Å². The van der Waals surface area contributed by atoms with Crippen molar-refractivity contribution in [1.82, 2.24) is 9.97 Å². The molecule has 0 radical (unpaired) electrons. The van der Waals surface area contributed by atoms with E-state index in [0.717, 1.165) is 6.20 Å². The zero-order valence-electron chi connectivity index (χ0n) is 9.10. The molecule has 90 valence electrons. The number of aromatic nitrogens is 2. The molecule has 0 aliphatic heterocycles. The average Bonchev–Trinajstić information content (AvgIpc) is 2.31. The average molecular weight is 293 g/mol. The molecule has 0 fully saturated rings. The third-order valence-corrected chi connectivity index (χ3v) is 1.75. The Balaban J connectivity index is 0.000000373. The second-order valence-corrected chi connectivity index (χ2v) is 2.94. The molecule has 1 aromatic carbocycles. The van der Waals surface area contributed by atoms with Gasteiger partial charge in [-0.2, -0.15) is 4.39 Å². The van der Waals surface area contributed by atoms with E-state index in [2.05, 4.69) is 16.5 Å². The minimum atomic E-state index is -0.538. The number of benzene rings is 1. The molecule has 0 bridgehead atoms. The van der Waals surface area contributed by atoms with E-state index < -0.39 is 5.95 Å². The minimum absolute atomic E-state index is 0. The molecule has 2 nitrogen and oxygen atoms in total. The van der Waals surface area contributed by atoms with Crippen LogP contribution in [0.5, 0.6) is 0 Å². The molecule has 0 aliphatic carbocycles. The molecule has 4 heteroatoms. The Hall–Kier alpha value is -1.49. The van der Waals surface area contributed by atoms with Crippen LogP contribution < -0.4 is 0 Å². The van der Waals surface area contributed by atoms with Crippen LogP contribution in [0.3, 0.4) is 0 Å². The van der Waals surface area contributed by atoms with Crippen LogP contribution in [0, 0.1) is 5.95 Å². The second-order valence-electron chi connectivity index (χ2n) is 2.94. The van der Waals surface area contributed by atoms with Gasteiger partial charge >= 0.3 is 17.6 Å². The second kappa shape index (κ2) is 8.64. The molecule has 0 N–H and O–H groups in total. The van der Waals surface area contributed by atoms with Gasteiger partial charge in [0.2, 0.25) is 5.95 Å². The van der Waals surface area contributed by atoms with E-state index in [0.29, 0.717) is 11.0 Å². The number of para-hydroxylation sites is 2. The fraction of sp³-hybridized carbons (Fsp3) is 0.0769. The van der Waals surface area contributed by atoms with Crippen molar-refractivity contribution < 1.29 is 4.39 Å². The van der Waals surface area contributed by atoms with Gasteiger partial charge in [0.05, 0.1) is 17.2 Å². The van der Waals surface area contributed by atoms with Crippen molar-refractivity contribution >= 4 is 28.6 Å². The number of hydrogen-bond donors (Lipinski definition) is 0. The number of allylic oxidation sites excluding steroid dienone is 3. The molecular formula is C13H17FGeN2. The van der Waals surface area contributed by atoms with E-state index in [9.17, 15) is 4.39 Å². The van der Waals surface area contributed by atoms with Crippen LogP contribution in [0.2, 0.25) is 0 Å². The van der Waals surface area contributed by atoms with Crippen LogP contribution in [0.4, 0.5) is 4.39 Å². The zero-order valence-corrected chi connectivity index (χ0v) is 9.10. The Morgan fingerprint density at radius 1 is 1.24 bits per heavy atom. The van der Waals surface area contributed by atoms with Crippen LogP contribution in [-0.2, 0) is 0 Å². The number of halogens is 1. The Labute approximate surface area is 111 Å². The summed E-state index contributed by atoms with van der Waals surface area (Å²) in [4.78, 5) is 7.49. The zero-order chi connectivity index (χ0) is 11.8. The molecule has 1 aromatic heterocycles. The molecular weight excluding hydrogens is 276 g/mol. The van der Waals surface area contributed by atoms with Gasteiger partial charge in [0, 0.05) is 0 Å². The summed E-state index contributed by atoms with van der Waals surface area (Å²) in [7, 11) is 0. The Morgan fingerprint density at radius 2 is 1.88 bits per heavy atom. The molecule has 2 aromatic rings. The van der Waals surface area contributed by atoms with Crippen molar-refractivity contribution in [1.29, 1.82) is 0 Å². The summed E-state index contributed by atoms with van der Waals surface area (Å²) in [5.74, 6) is -0.538. The summed E-state index contributed by atoms with van der Waals surface area (Å²) in [6.07, 6.45) is 6.69. The number of rotatable bonds is 1. The van der Waals surface area contributed by atoms with E-state index >= 15 is 0 Å². The van der Waals surface area contributed by atoms with E-state index in [-0.39, 0.29) is 17.6 Å². The predicted octanol–water partition coefficient (Wildman–Crippen LogP) is 2.07. The fourth-order valence-electron chi connectivity index (χ4n) is 1.07. The van der Waals surface area contributed by atoms with Gasteiger partial charge in [-0.3, -0.25) is 0 Å². The van der Waals surface area contributed by atoms with Crippen molar-refractivity contribution in [3.05, 3.63) is 61.2 Å². The Kier molecular flexibility index (Phi) is 7.88. The fourth-order valence-corrected chi connectivity index (χ4v) is 1.07. The van der Waals surface area contributed by atoms with Crippen LogP contribution in [-0.4, -0.2) is 27.6 Å². The van der Waals surface area contributed by atoms with Crippen molar-refractivity contribution in [3.8, 4) is 0 Å². The number of nitrogens with zero attached hydrogens (tertiary/aromatic N) is 2. The Bertz CT molecular complexity index is 497. The van der Waals surface area contributed by atoms with Crippen LogP contribution in [0.1, 0.15) is 6.92 Å². The molecule has 0 aliphatic rings. The standard InChI is InChI=1S/C8H5FN2.C5H8.GeH4/c9-8-5-10-6-3-1-2-4-7(6)11-8;1-3-5-4-2;/h1-5H;3-5H,1H2,2H3;1H4. The normalized spacial score (nSPS) is 9.29. The molecule has 0 atom stereocenters. The molecule has 0 saturated carbocycles. The monoisotopic (exact) mass is 294 g/mol. The van der Waals surface area contributed by atoms with Gasteiger partial charge in [-0.05, 0) is 19.1 Å². The van der Waals surface area contributed by atoms with Gasteiger partial charge in [0.15, 0.2) is 0 Å². The third kappa shape index (κ3) is 5.40. The Morgan fingerprint density at radius 3 is 2.41 bits per heavy atom. The molecule has 0 unspecified atom stereocenters. The summed E-state index contributed by atoms with van der Waals surface area (Å²) in [6.45, 7) is 5.42. The first-order valence-electron chi connectivity index (χ1n) is 4.89. The maximum absolute atomic E-state index is 12.5. The first-order valence-corrected chi connectivity index (χ1v) is 4.89. The maximum atomic E-state index is 12.5. The van der Waals surface area contributed by atoms with Crippen molar-refractivity contribution in [3.63, 3.8) is 0 Å². The van der Waals surface area contributed by atoms with E-state index in [4.69, 9.17) is 0 Å². The van der Waals surface area contributed by atoms with Gasteiger partial charge in [-0.1, -0.05) is 36.9 Å². The van der Waals surface area contributed by atoms with E-state index in [1.165, 1.54) is 0 Å². The molecule has 1 heterocycles. The quantitative estimate of drug-likeness (QED) is 0.594. The summed E-state index contributed by atoms with van der Waals surface area (Å²) in [5.41, 5.74) is 1.31. The van der Waals surface area contributed by atoms with Crippen molar-refractivity contribution in [2.45, 2.75) is 6.92 Å². The van der Waals surface area contributed by atoms with Gasteiger partial charge in [-0.15, -0.1) is 0 Å². The van der Waals surface area contributed by atoms with Gasteiger partial charge < -0.3 is 0 Å². The van der Waals surface area contributed by atoms with E-state index in [1.54, 1.807) is 24.3 Å². The van der Waals surface area contributed by atoms with Gasteiger partial charge in [0.25, 0.3) is 0 Å². The summed E-state index contributed by atoms with van der Waals surface area (Å²) in [5, 5.41) is 0. The van der Waals surface area contributed by atoms with Crippen molar-refractivity contribution in [2.75, 3.05) is 0 Å². The molecule has 0 spiro atoms. The first-order chi connectivity index (χ1) is 7.77. The third-order valence-electron chi connectivity index (χ3n) is 1.75. The van der Waals surface area contributed by atoms with Crippen molar-refractivity contribution in [2.24, 2.45) is 0 Å². The molecule has 0 saturated heterocycles.